The van der Waals surface area contributed by atoms with E-state index < -0.39 is 5.54 Å². The van der Waals surface area contributed by atoms with Gasteiger partial charge in [0.2, 0.25) is 17.8 Å². The van der Waals surface area contributed by atoms with Crippen molar-refractivity contribution in [3.05, 3.63) is 54.5 Å². The van der Waals surface area contributed by atoms with Gasteiger partial charge in [-0.3, -0.25) is 9.59 Å². The lowest BCUT2D eigenvalue weighted by Gasteiger charge is -2.44. The number of amides is 2. The van der Waals surface area contributed by atoms with Crippen LogP contribution >= 0.6 is 0 Å². The van der Waals surface area contributed by atoms with Crippen molar-refractivity contribution in [1.29, 1.82) is 0 Å². The van der Waals surface area contributed by atoms with E-state index in [9.17, 15) is 9.59 Å². The number of nitrogens with two attached hydrogens (primary N) is 1. The highest BCUT2D eigenvalue weighted by Gasteiger charge is 2.47. The first kappa shape index (κ1) is 20.6. The molecule has 162 valence electrons. The third kappa shape index (κ3) is 4.42. The van der Waals surface area contributed by atoms with Gasteiger partial charge in [0.05, 0.1) is 12.8 Å². The lowest BCUT2D eigenvalue weighted by molar-refractivity contribution is -0.149. The highest BCUT2D eigenvalue weighted by molar-refractivity contribution is 6.00. The molecule has 1 fully saturated rings. The predicted octanol–water partition coefficient (Wildman–Crippen LogP) is 2.22. The molecule has 3 N–H and O–H groups in total. The Kier molecular flexibility index (Phi) is 5.96. The van der Waals surface area contributed by atoms with Gasteiger partial charge in [-0.05, 0) is 47.5 Å². The summed E-state index contributed by atoms with van der Waals surface area (Å²) < 4.78 is 6.73. The molecule has 2 aromatic heterocycles. The van der Waals surface area contributed by atoms with Crippen molar-refractivity contribution < 1.29 is 14.0 Å². The Morgan fingerprint density at radius 1 is 1.13 bits per heavy atom. The van der Waals surface area contributed by atoms with Crippen LogP contribution in [0.5, 0.6) is 0 Å². The molecule has 4 rings (SSSR count). The number of hydrogen-bond donors (Lipinski definition) is 2. The molecule has 3 aromatic rings. The molecule has 0 atom stereocenters. The second kappa shape index (κ2) is 8.99. The van der Waals surface area contributed by atoms with Gasteiger partial charge in [0.1, 0.15) is 17.8 Å². The standard InChI is InChI=1S/C21H25N7O3/c22-20-24-25-26-28(20)15-18(29)27(14-17-10-7-13-31-17)21(11-5-2-6-12-21)19(30)23-16-8-3-1-4-9-16/h1,3-4,7-10,13H,2,5-6,11-12,14-15H2,(H,23,30)(H2,22,24,26). The Morgan fingerprint density at radius 2 is 1.90 bits per heavy atom. The van der Waals surface area contributed by atoms with Crippen LogP contribution in [0.3, 0.4) is 0 Å². The second-order valence-electron chi connectivity index (χ2n) is 7.67. The number of furan rings is 1. The van der Waals surface area contributed by atoms with E-state index in [1.54, 1.807) is 23.3 Å². The summed E-state index contributed by atoms with van der Waals surface area (Å²) in [5, 5.41) is 13.9. The van der Waals surface area contributed by atoms with Gasteiger partial charge < -0.3 is 20.4 Å². The quantitative estimate of drug-likeness (QED) is 0.595. The molecular formula is C21H25N7O3. The first-order valence-electron chi connectivity index (χ1n) is 10.3. The third-order valence-electron chi connectivity index (χ3n) is 5.69. The largest absolute Gasteiger partial charge is 0.467 e. The van der Waals surface area contributed by atoms with Crippen LogP contribution < -0.4 is 11.1 Å². The summed E-state index contributed by atoms with van der Waals surface area (Å²) in [5.41, 5.74) is 5.43. The molecule has 10 nitrogen and oxygen atoms in total. The maximum atomic E-state index is 13.6. The van der Waals surface area contributed by atoms with E-state index in [-0.39, 0.29) is 30.9 Å². The van der Waals surface area contributed by atoms with Gasteiger partial charge in [0.15, 0.2) is 0 Å². The molecule has 31 heavy (non-hydrogen) atoms. The summed E-state index contributed by atoms with van der Waals surface area (Å²) in [7, 11) is 0. The lowest BCUT2D eigenvalue weighted by Crippen LogP contribution is -2.60. The van der Waals surface area contributed by atoms with E-state index in [0.717, 1.165) is 19.3 Å². The first-order valence-corrected chi connectivity index (χ1v) is 10.3. The van der Waals surface area contributed by atoms with Gasteiger partial charge >= 0.3 is 0 Å². The fourth-order valence-electron chi connectivity index (χ4n) is 4.10. The highest BCUT2D eigenvalue weighted by atomic mass is 16.3. The van der Waals surface area contributed by atoms with Gasteiger partial charge in [-0.25, -0.2) is 4.68 Å². The zero-order valence-electron chi connectivity index (χ0n) is 17.1. The second-order valence-corrected chi connectivity index (χ2v) is 7.67. The minimum Gasteiger partial charge on any atom is -0.467 e. The summed E-state index contributed by atoms with van der Waals surface area (Å²) in [6.45, 7) is -0.00399. The summed E-state index contributed by atoms with van der Waals surface area (Å²) in [6.07, 6.45) is 5.37. The topological polar surface area (TPSA) is 132 Å². The molecule has 0 unspecified atom stereocenters. The maximum absolute atomic E-state index is 13.6. The van der Waals surface area contributed by atoms with E-state index >= 15 is 0 Å². The van der Waals surface area contributed by atoms with E-state index in [1.165, 1.54) is 4.68 Å². The molecule has 1 saturated carbocycles. The fraction of sp³-hybridized carbons (Fsp3) is 0.381. The molecule has 10 heteroatoms. The number of carbonyl (C=O) groups is 2. The van der Waals surface area contributed by atoms with Crippen LogP contribution in [0.25, 0.3) is 0 Å². The molecule has 0 aliphatic heterocycles. The molecule has 1 aromatic carbocycles. The zero-order chi connectivity index (χ0) is 21.7. The van der Waals surface area contributed by atoms with Crippen molar-refractivity contribution in [3.8, 4) is 0 Å². The Hall–Kier alpha value is -3.69. The Labute approximate surface area is 179 Å². The number of aromatic nitrogens is 4. The van der Waals surface area contributed by atoms with Gasteiger partial charge in [0, 0.05) is 5.69 Å². The minimum absolute atomic E-state index is 0.0396. The zero-order valence-corrected chi connectivity index (χ0v) is 17.1. The van der Waals surface area contributed by atoms with E-state index in [2.05, 4.69) is 20.8 Å². The van der Waals surface area contributed by atoms with Crippen LogP contribution in [-0.2, 0) is 22.7 Å². The van der Waals surface area contributed by atoms with Gasteiger partial charge in [0.25, 0.3) is 0 Å². The van der Waals surface area contributed by atoms with Gasteiger partial charge in [-0.1, -0.05) is 42.6 Å². The van der Waals surface area contributed by atoms with E-state index in [0.29, 0.717) is 24.3 Å². The van der Waals surface area contributed by atoms with Crippen molar-refractivity contribution >= 4 is 23.5 Å². The number of tetrazole rings is 1. The first-order chi connectivity index (χ1) is 15.1. The lowest BCUT2D eigenvalue weighted by atomic mass is 9.79. The van der Waals surface area contributed by atoms with Crippen LogP contribution in [0, 0.1) is 0 Å². The minimum atomic E-state index is -1.01. The fourth-order valence-corrected chi connectivity index (χ4v) is 4.10. The smallest absolute Gasteiger partial charge is 0.250 e. The number of hydrogen-bond acceptors (Lipinski definition) is 7. The molecule has 0 saturated heterocycles. The normalized spacial score (nSPS) is 15.4. The molecule has 1 aliphatic rings. The number of para-hydroxylation sites is 1. The number of anilines is 2. The van der Waals surface area contributed by atoms with E-state index in [4.69, 9.17) is 10.2 Å². The number of carbonyl (C=O) groups excluding carboxylic acids is 2. The maximum Gasteiger partial charge on any atom is 0.250 e. The van der Waals surface area contributed by atoms with E-state index in [1.807, 2.05) is 30.3 Å². The average molecular weight is 423 g/mol. The van der Waals surface area contributed by atoms with Crippen molar-refractivity contribution in [1.82, 2.24) is 25.1 Å². The van der Waals surface area contributed by atoms with Crippen LogP contribution in [0.4, 0.5) is 11.6 Å². The Balaban J connectivity index is 1.67. The van der Waals surface area contributed by atoms with Gasteiger partial charge in [-0.15, -0.1) is 0 Å². The number of nitrogen functional groups attached to an aromatic ring is 1. The van der Waals surface area contributed by atoms with Crippen molar-refractivity contribution in [2.24, 2.45) is 0 Å². The average Bonchev–Trinajstić information content (AvgIpc) is 3.45. The van der Waals surface area contributed by atoms with Crippen molar-refractivity contribution in [2.75, 3.05) is 11.1 Å². The number of rotatable bonds is 7. The summed E-state index contributed by atoms with van der Waals surface area (Å²) >= 11 is 0. The van der Waals surface area contributed by atoms with Crippen LogP contribution in [0.15, 0.2) is 53.1 Å². The molecule has 0 spiro atoms. The summed E-state index contributed by atoms with van der Waals surface area (Å²) in [6, 6.07) is 12.8. The SMILES string of the molecule is Nc1nnnn1CC(=O)N(Cc1ccco1)C1(C(=O)Nc2ccccc2)CCCCC1. The van der Waals surface area contributed by atoms with Crippen molar-refractivity contribution in [2.45, 2.75) is 50.7 Å². The van der Waals surface area contributed by atoms with Crippen LogP contribution in [-0.4, -0.2) is 42.5 Å². The Morgan fingerprint density at radius 3 is 2.55 bits per heavy atom. The Bertz CT molecular complexity index is 1010. The highest BCUT2D eigenvalue weighted by Crippen LogP contribution is 2.36. The molecule has 0 radical (unpaired) electrons. The van der Waals surface area contributed by atoms with Crippen molar-refractivity contribution in [3.63, 3.8) is 0 Å². The predicted molar refractivity (Wildman–Crippen MR) is 112 cm³/mol. The molecule has 2 heterocycles. The summed E-state index contributed by atoms with van der Waals surface area (Å²) in [5.74, 6) is 0.122. The molecule has 0 bridgehead atoms. The third-order valence-corrected chi connectivity index (χ3v) is 5.69. The van der Waals surface area contributed by atoms with Gasteiger partial charge in [-0.2, -0.15) is 0 Å². The number of benzene rings is 1. The molecular weight excluding hydrogens is 398 g/mol. The van der Waals surface area contributed by atoms with Crippen LogP contribution in [0.2, 0.25) is 0 Å². The number of nitrogens with zero attached hydrogens (tertiary/aromatic N) is 5. The summed E-state index contributed by atoms with van der Waals surface area (Å²) in [4.78, 5) is 28.7. The molecule has 1 aliphatic carbocycles. The monoisotopic (exact) mass is 423 g/mol. The number of nitrogens with one attached hydrogen (secondary N) is 1. The van der Waals surface area contributed by atoms with Crippen LogP contribution in [0.1, 0.15) is 37.9 Å². The molecule has 2 amide bonds.